The van der Waals surface area contributed by atoms with Gasteiger partial charge in [0.25, 0.3) is 0 Å². The molecule has 6 nitrogen and oxygen atoms in total. The highest BCUT2D eigenvalue weighted by atomic mass is 19.4. The molecule has 0 saturated heterocycles. The lowest BCUT2D eigenvalue weighted by Gasteiger charge is -2.30. The summed E-state index contributed by atoms with van der Waals surface area (Å²) in [6.45, 7) is 0.409. The zero-order valence-electron chi connectivity index (χ0n) is 17.4. The summed E-state index contributed by atoms with van der Waals surface area (Å²) < 4.78 is 58.5. The highest BCUT2D eigenvalue weighted by molar-refractivity contribution is 5.74. The summed E-state index contributed by atoms with van der Waals surface area (Å²) in [6, 6.07) is 4.92. The Hall–Kier alpha value is -2.81. The number of rotatable bonds is 4. The summed E-state index contributed by atoms with van der Waals surface area (Å²) in [7, 11) is 4.37. The number of imidazole rings is 1. The first-order valence-electron chi connectivity index (χ1n) is 9.86. The number of esters is 1. The molecular formula is C22H23F3N2O4. The SMILES string of the molecule is COC(=O)C1CC(c2cc(-c3c(C(F)(F)F)ncn3C)ccc2OC)C2(C=CCO2)C1. The van der Waals surface area contributed by atoms with Crippen LogP contribution in [0.15, 0.2) is 36.7 Å². The fourth-order valence-corrected chi connectivity index (χ4v) is 4.81. The number of carbonyl (C=O) groups is 1. The number of carbonyl (C=O) groups excluding carboxylic acids is 1. The van der Waals surface area contributed by atoms with Gasteiger partial charge in [-0.1, -0.05) is 12.2 Å². The Bertz CT molecular complexity index is 1030. The molecule has 1 spiro atoms. The van der Waals surface area contributed by atoms with Crippen LogP contribution in [0.25, 0.3) is 11.3 Å². The first kappa shape index (κ1) is 21.4. The van der Waals surface area contributed by atoms with Crippen LogP contribution >= 0.6 is 0 Å². The van der Waals surface area contributed by atoms with Crippen LogP contribution in [-0.2, 0) is 27.5 Å². The molecule has 1 aliphatic carbocycles. The average Bonchev–Trinajstić information content (AvgIpc) is 3.46. The van der Waals surface area contributed by atoms with Gasteiger partial charge in [-0.2, -0.15) is 13.2 Å². The van der Waals surface area contributed by atoms with Crippen molar-refractivity contribution in [1.82, 2.24) is 9.55 Å². The third kappa shape index (κ3) is 3.60. The van der Waals surface area contributed by atoms with Gasteiger partial charge in [0.15, 0.2) is 5.69 Å². The van der Waals surface area contributed by atoms with Gasteiger partial charge in [-0.3, -0.25) is 4.79 Å². The highest BCUT2D eigenvalue weighted by Gasteiger charge is 2.52. The van der Waals surface area contributed by atoms with Crippen LogP contribution in [0.4, 0.5) is 13.2 Å². The van der Waals surface area contributed by atoms with Crippen LogP contribution in [0.2, 0.25) is 0 Å². The Morgan fingerprint density at radius 1 is 1.32 bits per heavy atom. The maximum Gasteiger partial charge on any atom is 0.435 e. The summed E-state index contributed by atoms with van der Waals surface area (Å²) >= 11 is 0. The van der Waals surface area contributed by atoms with E-state index in [9.17, 15) is 18.0 Å². The molecular weight excluding hydrogens is 413 g/mol. The third-order valence-corrected chi connectivity index (χ3v) is 6.14. The van der Waals surface area contributed by atoms with Crippen molar-refractivity contribution in [3.05, 3.63) is 47.9 Å². The Morgan fingerprint density at radius 3 is 2.71 bits per heavy atom. The van der Waals surface area contributed by atoms with Crippen molar-refractivity contribution in [2.45, 2.75) is 30.5 Å². The molecule has 1 aromatic heterocycles. The van der Waals surface area contributed by atoms with Gasteiger partial charge in [0.1, 0.15) is 5.75 Å². The Kier molecular flexibility index (Phi) is 5.33. The Labute approximate surface area is 177 Å². The quantitative estimate of drug-likeness (QED) is 0.533. The van der Waals surface area contributed by atoms with E-state index in [1.807, 2.05) is 12.2 Å². The largest absolute Gasteiger partial charge is 0.496 e. The molecule has 9 heteroatoms. The van der Waals surface area contributed by atoms with Gasteiger partial charge in [0, 0.05) is 24.1 Å². The van der Waals surface area contributed by atoms with Crippen molar-refractivity contribution in [2.24, 2.45) is 13.0 Å². The van der Waals surface area contributed by atoms with Gasteiger partial charge >= 0.3 is 12.1 Å². The number of halogens is 3. The molecule has 0 amide bonds. The van der Waals surface area contributed by atoms with E-state index in [2.05, 4.69) is 4.98 Å². The standard InChI is InChI=1S/C22H23F3N2O4/c1-27-12-26-19(22(23,24)25)18(27)13-5-6-17(29-2)15(9-13)16-10-14(20(28)30-3)11-21(16)7-4-8-31-21/h4-7,9,12,14,16H,8,10-11H2,1-3H3. The summed E-state index contributed by atoms with van der Waals surface area (Å²) in [6.07, 6.45) is 1.28. The predicted molar refractivity (Wildman–Crippen MR) is 106 cm³/mol. The summed E-state index contributed by atoms with van der Waals surface area (Å²) in [5.74, 6) is -0.466. The van der Waals surface area contributed by atoms with Gasteiger partial charge in [0.2, 0.25) is 0 Å². The van der Waals surface area contributed by atoms with E-state index in [-0.39, 0.29) is 23.5 Å². The molecule has 1 aromatic carbocycles. The van der Waals surface area contributed by atoms with Crippen LogP contribution in [0.5, 0.6) is 5.75 Å². The lowest BCUT2D eigenvalue weighted by Crippen LogP contribution is -2.31. The second kappa shape index (κ2) is 7.71. The fraction of sp³-hybridized carbons (Fsp3) is 0.455. The number of ether oxygens (including phenoxy) is 3. The Balaban J connectivity index is 1.83. The monoisotopic (exact) mass is 436 g/mol. The second-order valence-corrected chi connectivity index (χ2v) is 7.89. The molecule has 1 saturated carbocycles. The number of hydrogen-bond donors (Lipinski definition) is 0. The van der Waals surface area contributed by atoms with Crippen LogP contribution in [0.3, 0.4) is 0 Å². The van der Waals surface area contributed by atoms with Crippen molar-refractivity contribution >= 4 is 5.97 Å². The first-order chi connectivity index (χ1) is 14.7. The first-order valence-corrected chi connectivity index (χ1v) is 9.86. The maximum atomic E-state index is 13.5. The molecule has 31 heavy (non-hydrogen) atoms. The number of benzene rings is 1. The van der Waals surface area contributed by atoms with Crippen molar-refractivity contribution in [3.8, 4) is 17.0 Å². The molecule has 2 aliphatic rings. The third-order valence-electron chi connectivity index (χ3n) is 6.14. The molecule has 1 fully saturated rings. The minimum Gasteiger partial charge on any atom is -0.496 e. The molecule has 166 valence electrons. The number of nitrogens with zero attached hydrogens (tertiary/aromatic N) is 2. The van der Waals surface area contributed by atoms with Gasteiger partial charge in [-0.05, 0) is 31.0 Å². The van der Waals surface area contributed by atoms with Crippen molar-refractivity contribution < 1.29 is 32.2 Å². The molecule has 3 atom stereocenters. The number of hydrogen-bond acceptors (Lipinski definition) is 5. The molecule has 2 aromatic rings. The van der Waals surface area contributed by atoms with Crippen LogP contribution < -0.4 is 4.74 Å². The van der Waals surface area contributed by atoms with Gasteiger partial charge < -0.3 is 18.8 Å². The smallest absolute Gasteiger partial charge is 0.435 e. The van der Waals surface area contributed by atoms with E-state index in [0.717, 1.165) is 6.33 Å². The normalized spacial score (nSPS) is 25.4. The van der Waals surface area contributed by atoms with E-state index in [0.29, 0.717) is 36.3 Å². The van der Waals surface area contributed by atoms with E-state index in [1.165, 1.54) is 25.8 Å². The van der Waals surface area contributed by atoms with E-state index >= 15 is 0 Å². The minimum atomic E-state index is -4.58. The minimum absolute atomic E-state index is 0.0316. The molecule has 3 unspecified atom stereocenters. The summed E-state index contributed by atoms with van der Waals surface area (Å²) in [5.41, 5.74) is -0.661. The van der Waals surface area contributed by atoms with Crippen LogP contribution in [0.1, 0.15) is 30.0 Å². The fourth-order valence-electron chi connectivity index (χ4n) is 4.81. The summed E-state index contributed by atoms with van der Waals surface area (Å²) in [4.78, 5) is 15.8. The van der Waals surface area contributed by atoms with Crippen molar-refractivity contribution in [3.63, 3.8) is 0 Å². The highest BCUT2D eigenvalue weighted by Crippen LogP contribution is 2.53. The van der Waals surface area contributed by atoms with Crippen LogP contribution in [0, 0.1) is 5.92 Å². The lowest BCUT2D eigenvalue weighted by atomic mass is 9.83. The zero-order chi connectivity index (χ0) is 22.4. The number of alkyl halides is 3. The topological polar surface area (TPSA) is 62.6 Å². The molecule has 1 aliphatic heterocycles. The number of aryl methyl sites for hydroxylation is 1. The van der Waals surface area contributed by atoms with E-state index in [4.69, 9.17) is 14.2 Å². The molecule has 0 radical (unpaired) electrons. The molecule has 0 N–H and O–H groups in total. The van der Waals surface area contributed by atoms with Gasteiger partial charge in [0.05, 0.1) is 44.4 Å². The molecule has 4 rings (SSSR count). The Morgan fingerprint density at radius 2 is 2.10 bits per heavy atom. The second-order valence-electron chi connectivity index (χ2n) is 7.89. The predicted octanol–water partition coefficient (Wildman–Crippen LogP) is 4.11. The van der Waals surface area contributed by atoms with Crippen LogP contribution in [-0.4, -0.2) is 41.9 Å². The summed E-state index contributed by atoms with van der Waals surface area (Å²) in [5, 5.41) is 0. The van der Waals surface area contributed by atoms with Crippen molar-refractivity contribution in [2.75, 3.05) is 20.8 Å². The number of aromatic nitrogens is 2. The maximum absolute atomic E-state index is 13.5. The van der Waals surface area contributed by atoms with Crippen molar-refractivity contribution in [1.29, 1.82) is 0 Å². The number of methoxy groups -OCH3 is 2. The lowest BCUT2D eigenvalue weighted by molar-refractivity contribution is -0.145. The van der Waals surface area contributed by atoms with E-state index in [1.54, 1.807) is 18.2 Å². The molecule has 0 bridgehead atoms. The molecule has 2 heterocycles. The average molecular weight is 436 g/mol. The van der Waals surface area contributed by atoms with Gasteiger partial charge in [-0.25, -0.2) is 4.98 Å². The van der Waals surface area contributed by atoms with E-state index < -0.39 is 17.5 Å². The zero-order valence-corrected chi connectivity index (χ0v) is 17.4. The van der Waals surface area contributed by atoms with Gasteiger partial charge in [-0.15, -0.1) is 0 Å².